The SMILES string of the molecule is COc1cc2c(cc1OC)CN(c1ccc(NC(=O)CC(C)C)nc1)CC2. The molecule has 0 bridgehead atoms. The lowest BCUT2D eigenvalue weighted by molar-refractivity contribution is -0.116. The zero-order chi connectivity index (χ0) is 19.4. The van der Waals surface area contributed by atoms with Gasteiger partial charge in [0.05, 0.1) is 26.1 Å². The number of anilines is 2. The number of carbonyl (C=O) groups excluding carboxylic acids is 1. The Labute approximate surface area is 160 Å². The van der Waals surface area contributed by atoms with Crippen LogP contribution >= 0.6 is 0 Å². The molecule has 0 spiro atoms. The third-order valence-corrected chi connectivity index (χ3v) is 4.69. The zero-order valence-corrected chi connectivity index (χ0v) is 16.4. The second-order valence-electron chi connectivity index (χ2n) is 7.20. The number of rotatable bonds is 6. The topological polar surface area (TPSA) is 63.7 Å². The van der Waals surface area contributed by atoms with E-state index < -0.39 is 0 Å². The summed E-state index contributed by atoms with van der Waals surface area (Å²) in [5, 5.41) is 2.85. The molecular formula is C21H27N3O3. The quantitative estimate of drug-likeness (QED) is 0.842. The van der Waals surface area contributed by atoms with E-state index >= 15 is 0 Å². The molecule has 3 rings (SSSR count). The monoisotopic (exact) mass is 369 g/mol. The van der Waals surface area contributed by atoms with Gasteiger partial charge in [0.15, 0.2) is 11.5 Å². The van der Waals surface area contributed by atoms with E-state index in [0.29, 0.717) is 18.2 Å². The number of carbonyl (C=O) groups is 1. The van der Waals surface area contributed by atoms with Gasteiger partial charge >= 0.3 is 0 Å². The molecule has 1 amide bonds. The highest BCUT2D eigenvalue weighted by atomic mass is 16.5. The van der Waals surface area contributed by atoms with Crippen LogP contribution in [0, 0.1) is 5.92 Å². The number of ether oxygens (including phenoxy) is 2. The van der Waals surface area contributed by atoms with Crippen molar-refractivity contribution in [3.05, 3.63) is 41.6 Å². The zero-order valence-electron chi connectivity index (χ0n) is 16.4. The predicted octanol–water partition coefficient (Wildman–Crippen LogP) is 3.65. The van der Waals surface area contributed by atoms with Gasteiger partial charge in [-0.3, -0.25) is 4.79 Å². The van der Waals surface area contributed by atoms with Gasteiger partial charge in [-0.1, -0.05) is 13.8 Å². The van der Waals surface area contributed by atoms with Crippen LogP contribution in [-0.4, -0.2) is 31.7 Å². The lowest BCUT2D eigenvalue weighted by Crippen LogP contribution is -2.30. The Morgan fingerprint density at radius 3 is 2.48 bits per heavy atom. The van der Waals surface area contributed by atoms with Gasteiger partial charge in [-0.25, -0.2) is 4.98 Å². The van der Waals surface area contributed by atoms with E-state index in [0.717, 1.165) is 36.7 Å². The van der Waals surface area contributed by atoms with Crippen LogP contribution in [0.15, 0.2) is 30.5 Å². The van der Waals surface area contributed by atoms with Gasteiger partial charge in [-0.05, 0) is 47.7 Å². The maximum absolute atomic E-state index is 11.9. The second-order valence-corrected chi connectivity index (χ2v) is 7.20. The normalized spacial score (nSPS) is 13.3. The lowest BCUT2D eigenvalue weighted by Gasteiger charge is -2.31. The Balaban J connectivity index is 1.71. The summed E-state index contributed by atoms with van der Waals surface area (Å²) in [6.07, 6.45) is 3.25. The molecule has 1 aromatic carbocycles. The van der Waals surface area contributed by atoms with Crippen molar-refractivity contribution < 1.29 is 14.3 Å². The number of nitrogens with zero attached hydrogens (tertiary/aromatic N) is 2. The van der Waals surface area contributed by atoms with Crippen LogP contribution in [0.5, 0.6) is 11.5 Å². The third-order valence-electron chi connectivity index (χ3n) is 4.69. The van der Waals surface area contributed by atoms with Crippen LogP contribution < -0.4 is 19.7 Å². The Bertz CT molecular complexity index is 803. The van der Waals surface area contributed by atoms with Crippen molar-refractivity contribution in [1.29, 1.82) is 0 Å². The summed E-state index contributed by atoms with van der Waals surface area (Å²) in [5.74, 6) is 2.44. The average molecular weight is 369 g/mol. The first-order chi connectivity index (χ1) is 13.0. The smallest absolute Gasteiger partial charge is 0.225 e. The number of pyridine rings is 1. The standard InChI is InChI=1S/C21H27N3O3/c1-14(2)9-21(25)23-20-6-5-17(12-22-20)24-8-7-15-10-18(26-3)19(27-4)11-16(15)13-24/h5-6,10-12,14H,7-9,13H2,1-4H3,(H,22,23,25). The number of hydrogen-bond donors (Lipinski definition) is 1. The number of nitrogens with one attached hydrogen (secondary N) is 1. The first-order valence-corrected chi connectivity index (χ1v) is 9.24. The molecule has 0 radical (unpaired) electrons. The molecule has 1 aliphatic rings. The van der Waals surface area contributed by atoms with E-state index in [2.05, 4.69) is 21.3 Å². The highest BCUT2D eigenvalue weighted by Crippen LogP contribution is 2.34. The molecule has 0 fully saturated rings. The maximum atomic E-state index is 11.9. The summed E-state index contributed by atoms with van der Waals surface area (Å²) in [6, 6.07) is 7.98. The van der Waals surface area contributed by atoms with Gasteiger partial charge < -0.3 is 19.7 Å². The number of hydrogen-bond acceptors (Lipinski definition) is 5. The fourth-order valence-corrected chi connectivity index (χ4v) is 3.32. The third kappa shape index (κ3) is 4.51. The summed E-state index contributed by atoms with van der Waals surface area (Å²) in [7, 11) is 3.31. The first-order valence-electron chi connectivity index (χ1n) is 9.24. The van der Waals surface area contributed by atoms with E-state index in [1.165, 1.54) is 11.1 Å². The molecule has 0 unspecified atom stereocenters. The summed E-state index contributed by atoms with van der Waals surface area (Å²) in [6.45, 7) is 5.74. The molecule has 27 heavy (non-hydrogen) atoms. The summed E-state index contributed by atoms with van der Waals surface area (Å²) in [5.41, 5.74) is 3.56. The molecule has 6 nitrogen and oxygen atoms in total. The molecule has 1 aliphatic heterocycles. The predicted molar refractivity (Wildman–Crippen MR) is 107 cm³/mol. The van der Waals surface area contributed by atoms with Gasteiger partial charge in [0.1, 0.15) is 5.82 Å². The van der Waals surface area contributed by atoms with E-state index in [-0.39, 0.29) is 5.91 Å². The molecular weight excluding hydrogens is 342 g/mol. The molecule has 1 N–H and O–H groups in total. The first kappa shape index (κ1) is 19.0. The lowest BCUT2D eigenvalue weighted by atomic mass is 9.98. The van der Waals surface area contributed by atoms with Gasteiger partial charge in [0, 0.05) is 19.5 Å². The fraction of sp³-hybridized carbons (Fsp3) is 0.429. The van der Waals surface area contributed by atoms with E-state index in [1.54, 1.807) is 14.2 Å². The Morgan fingerprint density at radius 1 is 1.19 bits per heavy atom. The minimum atomic E-state index is -0.00167. The number of aromatic nitrogens is 1. The van der Waals surface area contributed by atoms with Crippen LogP contribution in [0.25, 0.3) is 0 Å². The molecule has 0 aliphatic carbocycles. The molecule has 0 saturated carbocycles. The highest BCUT2D eigenvalue weighted by molar-refractivity contribution is 5.89. The summed E-state index contributed by atoms with van der Waals surface area (Å²) < 4.78 is 10.8. The number of fused-ring (bicyclic) bond motifs is 1. The van der Waals surface area contributed by atoms with Crippen molar-refractivity contribution in [2.45, 2.75) is 33.2 Å². The Morgan fingerprint density at radius 2 is 1.89 bits per heavy atom. The Hall–Kier alpha value is -2.76. The number of amides is 1. The van der Waals surface area contributed by atoms with Crippen LogP contribution in [0.3, 0.4) is 0 Å². The Kier molecular flexibility index (Phi) is 5.84. The summed E-state index contributed by atoms with van der Waals surface area (Å²) >= 11 is 0. The van der Waals surface area contributed by atoms with Gasteiger partial charge in [0.25, 0.3) is 0 Å². The second kappa shape index (κ2) is 8.29. The molecule has 144 valence electrons. The summed E-state index contributed by atoms with van der Waals surface area (Å²) in [4.78, 5) is 18.6. The van der Waals surface area contributed by atoms with Gasteiger partial charge in [0.2, 0.25) is 5.91 Å². The van der Waals surface area contributed by atoms with Crippen molar-refractivity contribution in [3.63, 3.8) is 0 Å². The van der Waals surface area contributed by atoms with Crippen molar-refractivity contribution in [2.24, 2.45) is 5.92 Å². The van der Waals surface area contributed by atoms with Crippen LogP contribution in [-0.2, 0) is 17.8 Å². The maximum Gasteiger partial charge on any atom is 0.225 e. The molecule has 2 aromatic rings. The molecule has 6 heteroatoms. The van der Waals surface area contributed by atoms with Gasteiger partial charge in [-0.2, -0.15) is 0 Å². The minimum absolute atomic E-state index is 0.00167. The molecule has 0 saturated heterocycles. The van der Waals surface area contributed by atoms with Crippen molar-refractivity contribution in [1.82, 2.24) is 4.98 Å². The van der Waals surface area contributed by atoms with Crippen molar-refractivity contribution in [2.75, 3.05) is 31.0 Å². The number of benzene rings is 1. The highest BCUT2D eigenvalue weighted by Gasteiger charge is 2.20. The largest absolute Gasteiger partial charge is 0.493 e. The van der Waals surface area contributed by atoms with Crippen LogP contribution in [0.4, 0.5) is 11.5 Å². The van der Waals surface area contributed by atoms with Crippen molar-refractivity contribution >= 4 is 17.4 Å². The molecule has 2 heterocycles. The molecule has 1 aromatic heterocycles. The van der Waals surface area contributed by atoms with Crippen LogP contribution in [0.2, 0.25) is 0 Å². The van der Waals surface area contributed by atoms with Crippen molar-refractivity contribution in [3.8, 4) is 11.5 Å². The van der Waals surface area contributed by atoms with Gasteiger partial charge in [-0.15, -0.1) is 0 Å². The van der Waals surface area contributed by atoms with E-state index in [9.17, 15) is 4.79 Å². The number of methoxy groups -OCH3 is 2. The fourth-order valence-electron chi connectivity index (χ4n) is 3.32. The average Bonchev–Trinajstić information content (AvgIpc) is 2.66. The minimum Gasteiger partial charge on any atom is -0.493 e. The van der Waals surface area contributed by atoms with Crippen LogP contribution in [0.1, 0.15) is 31.4 Å². The van der Waals surface area contributed by atoms with E-state index in [1.807, 2.05) is 38.2 Å². The molecule has 0 atom stereocenters. The van der Waals surface area contributed by atoms with E-state index in [4.69, 9.17) is 9.47 Å².